The van der Waals surface area contributed by atoms with E-state index >= 15 is 0 Å². The maximum Gasteiger partial charge on any atom is 0.255 e. The van der Waals surface area contributed by atoms with Gasteiger partial charge >= 0.3 is 0 Å². The van der Waals surface area contributed by atoms with Crippen LogP contribution in [-0.2, 0) is 6.54 Å². The summed E-state index contributed by atoms with van der Waals surface area (Å²) in [5.41, 5.74) is 9.07. The molecule has 1 saturated heterocycles. The predicted octanol–water partition coefficient (Wildman–Crippen LogP) is 3.92. The van der Waals surface area contributed by atoms with E-state index in [9.17, 15) is 4.79 Å². The van der Waals surface area contributed by atoms with Crippen LogP contribution in [0.1, 0.15) is 36.2 Å². The van der Waals surface area contributed by atoms with Gasteiger partial charge in [-0.1, -0.05) is 44.2 Å². The maximum atomic E-state index is 12.3. The summed E-state index contributed by atoms with van der Waals surface area (Å²) in [5, 5.41) is 2.91. The molecule has 0 aliphatic carbocycles. The summed E-state index contributed by atoms with van der Waals surface area (Å²) in [6, 6.07) is 17.7. The van der Waals surface area contributed by atoms with Crippen molar-refractivity contribution in [3.8, 4) is 0 Å². The molecule has 26 heavy (non-hydrogen) atoms. The summed E-state index contributed by atoms with van der Waals surface area (Å²) in [6.45, 7) is 7.41. The van der Waals surface area contributed by atoms with Crippen molar-refractivity contribution < 1.29 is 4.79 Å². The zero-order valence-electron chi connectivity index (χ0n) is 15.4. The number of hydrogen-bond acceptors (Lipinski definition) is 3. The Morgan fingerprint density at radius 1 is 1.15 bits per heavy atom. The van der Waals surface area contributed by atoms with E-state index in [1.165, 1.54) is 5.56 Å². The number of nitrogens with one attached hydrogen (secondary N) is 1. The lowest BCUT2D eigenvalue weighted by Crippen LogP contribution is -2.52. The van der Waals surface area contributed by atoms with Gasteiger partial charge in [0.1, 0.15) is 0 Å². The highest BCUT2D eigenvalue weighted by atomic mass is 35.5. The van der Waals surface area contributed by atoms with Crippen molar-refractivity contribution in [1.29, 1.82) is 0 Å². The minimum Gasteiger partial charge on any atom is -0.327 e. The van der Waals surface area contributed by atoms with Crippen molar-refractivity contribution in [3.05, 3.63) is 65.7 Å². The van der Waals surface area contributed by atoms with Gasteiger partial charge in [0.2, 0.25) is 0 Å². The third-order valence-corrected chi connectivity index (χ3v) is 5.05. The molecule has 1 amide bonds. The van der Waals surface area contributed by atoms with Gasteiger partial charge in [0.05, 0.1) is 0 Å². The van der Waals surface area contributed by atoms with Gasteiger partial charge in [-0.05, 0) is 41.7 Å². The predicted molar refractivity (Wildman–Crippen MR) is 110 cm³/mol. The molecule has 5 heteroatoms. The van der Waals surface area contributed by atoms with Crippen molar-refractivity contribution in [1.82, 2.24) is 4.90 Å². The zero-order valence-corrected chi connectivity index (χ0v) is 16.3. The second-order valence-corrected chi connectivity index (χ2v) is 7.61. The highest BCUT2D eigenvalue weighted by Gasteiger charge is 2.33. The van der Waals surface area contributed by atoms with E-state index < -0.39 is 0 Å². The largest absolute Gasteiger partial charge is 0.327 e. The standard InChI is InChI=1S/C21H27N3O.ClH/c1-21(2)15-24(13-12-19(21)22)14-16-8-10-17(11-9-16)20(25)23-18-6-4-3-5-7-18;/h3-11,19H,12-15,22H2,1-2H3,(H,23,25);1H. The monoisotopic (exact) mass is 373 g/mol. The van der Waals surface area contributed by atoms with Crippen LogP contribution in [0.3, 0.4) is 0 Å². The van der Waals surface area contributed by atoms with Gasteiger partial charge in [-0.25, -0.2) is 0 Å². The molecule has 0 bridgehead atoms. The van der Waals surface area contributed by atoms with Crippen molar-refractivity contribution >= 4 is 24.0 Å². The van der Waals surface area contributed by atoms with Crippen molar-refractivity contribution in [2.75, 3.05) is 18.4 Å². The second kappa shape index (κ2) is 8.67. The average Bonchev–Trinajstić information content (AvgIpc) is 2.59. The van der Waals surface area contributed by atoms with Gasteiger partial charge in [0.15, 0.2) is 0 Å². The lowest BCUT2D eigenvalue weighted by atomic mass is 9.79. The van der Waals surface area contributed by atoms with E-state index in [-0.39, 0.29) is 29.8 Å². The third-order valence-electron chi connectivity index (χ3n) is 5.05. The minimum absolute atomic E-state index is 0. The first-order valence-corrected chi connectivity index (χ1v) is 8.87. The van der Waals surface area contributed by atoms with E-state index in [2.05, 4.69) is 24.1 Å². The molecular weight excluding hydrogens is 346 g/mol. The van der Waals surface area contributed by atoms with Crippen LogP contribution in [0.15, 0.2) is 54.6 Å². The van der Waals surface area contributed by atoms with Gasteiger partial charge in [-0.15, -0.1) is 12.4 Å². The number of piperidine rings is 1. The highest BCUT2D eigenvalue weighted by molar-refractivity contribution is 6.04. The lowest BCUT2D eigenvalue weighted by Gasteiger charge is -2.42. The average molecular weight is 374 g/mol. The van der Waals surface area contributed by atoms with Crippen LogP contribution >= 0.6 is 12.4 Å². The topological polar surface area (TPSA) is 58.4 Å². The molecule has 2 aromatic carbocycles. The second-order valence-electron chi connectivity index (χ2n) is 7.61. The molecule has 4 nitrogen and oxygen atoms in total. The molecule has 1 unspecified atom stereocenters. The molecule has 1 aliphatic heterocycles. The van der Waals surface area contributed by atoms with Gasteiger partial charge in [0, 0.05) is 36.9 Å². The molecule has 0 spiro atoms. The van der Waals surface area contributed by atoms with Crippen LogP contribution in [0.4, 0.5) is 5.69 Å². The van der Waals surface area contributed by atoms with E-state index in [1.807, 2.05) is 54.6 Å². The number of likely N-dealkylation sites (tertiary alicyclic amines) is 1. The number of anilines is 1. The number of nitrogens with two attached hydrogens (primary N) is 1. The summed E-state index contributed by atoms with van der Waals surface area (Å²) in [6.07, 6.45) is 1.03. The van der Waals surface area contributed by atoms with E-state index in [1.54, 1.807) is 0 Å². The Labute approximate surface area is 162 Å². The van der Waals surface area contributed by atoms with Crippen molar-refractivity contribution in [3.63, 3.8) is 0 Å². The molecule has 0 radical (unpaired) electrons. The molecule has 3 N–H and O–H groups in total. The summed E-state index contributed by atoms with van der Waals surface area (Å²) >= 11 is 0. The number of rotatable bonds is 4. The number of para-hydroxylation sites is 1. The van der Waals surface area contributed by atoms with Crippen molar-refractivity contribution in [2.45, 2.75) is 32.9 Å². The summed E-state index contributed by atoms with van der Waals surface area (Å²) in [7, 11) is 0. The van der Waals surface area contributed by atoms with Gasteiger partial charge < -0.3 is 11.1 Å². The molecular formula is C21H28ClN3O. The van der Waals surface area contributed by atoms with Gasteiger partial charge in [-0.3, -0.25) is 9.69 Å². The third kappa shape index (κ3) is 5.07. The van der Waals surface area contributed by atoms with Crippen LogP contribution in [0.2, 0.25) is 0 Å². The molecule has 1 aliphatic rings. The number of hydrogen-bond donors (Lipinski definition) is 2. The number of benzene rings is 2. The number of nitrogens with zero attached hydrogens (tertiary/aromatic N) is 1. The Kier molecular flexibility index (Phi) is 6.81. The van der Waals surface area contributed by atoms with Gasteiger partial charge in [-0.2, -0.15) is 0 Å². The Balaban J connectivity index is 0.00000243. The number of carbonyl (C=O) groups excluding carboxylic acids is 1. The molecule has 1 heterocycles. The summed E-state index contributed by atoms with van der Waals surface area (Å²) in [5.74, 6) is -0.0807. The van der Waals surface area contributed by atoms with E-state index in [0.29, 0.717) is 5.56 Å². The van der Waals surface area contributed by atoms with Gasteiger partial charge in [0.25, 0.3) is 5.91 Å². The highest BCUT2D eigenvalue weighted by Crippen LogP contribution is 2.28. The Morgan fingerprint density at radius 2 is 1.81 bits per heavy atom. The normalized spacial score (nSPS) is 19.4. The lowest BCUT2D eigenvalue weighted by molar-refractivity contribution is 0.0899. The van der Waals surface area contributed by atoms with Crippen LogP contribution in [0.25, 0.3) is 0 Å². The first-order valence-electron chi connectivity index (χ1n) is 8.87. The summed E-state index contributed by atoms with van der Waals surface area (Å²) < 4.78 is 0. The van der Waals surface area contributed by atoms with Crippen molar-refractivity contribution in [2.24, 2.45) is 11.1 Å². The first-order chi connectivity index (χ1) is 11.9. The smallest absolute Gasteiger partial charge is 0.255 e. The quantitative estimate of drug-likeness (QED) is 0.853. The van der Waals surface area contributed by atoms with Crippen LogP contribution in [0.5, 0.6) is 0 Å². The fourth-order valence-corrected chi connectivity index (χ4v) is 3.36. The SMILES string of the molecule is CC1(C)CN(Cc2ccc(C(=O)Nc3ccccc3)cc2)CCC1N.Cl. The maximum absolute atomic E-state index is 12.3. The number of carbonyl (C=O) groups is 1. The first kappa shape index (κ1) is 20.4. The Bertz CT molecular complexity index is 716. The fraction of sp³-hybridized carbons (Fsp3) is 0.381. The fourth-order valence-electron chi connectivity index (χ4n) is 3.36. The molecule has 3 rings (SSSR count). The zero-order chi connectivity index (χ0) is 17.9. The summed E-state index contributed by atoms with van der Waals surface area (Å²) in [4.78, 5) is 14.7. The molecule has 0 aromatic heterocycles. The van der Waals surface area contributed by atoms with Crippen LogP contribution in [-0.4, -0.2) is 29.9 Å². The molecule has 1 atom stereocenters. The Morgan fingerprint density at radius 3 is 2.42 bits per heavy atom. The molecule has 2 aromatic rings. The van der Waals surface area contributed by atoms with Crippen LogP contribution in [0, 0.1) is 5.41 Å². The minimum atomic E-state index is -0.0807. The van der Waals surface area contributed by atoms with E-state index in [4.69, 9.17) is 5.73 Å². The molecule has 0 saturated carbocycles. The number of amides is 1. The molecule has 140 valence electrons. The van der Waals surface area contributed by atoms with E-state index in [0.717, 1.165) is 31.7 Å². The molecule has 1 fully saturated rings. The Hall–Kier alpha value is -1.88. The number of halogens is 1. The van der Waals surface area contributed by atoms with Crippen LogP contribution < -0.4 is 11.1 Å².